The van der Waals surface area contributed by atoms with E-state index < -0.39 is 0 Å². The average molecular weight is 242 g/mol. The number of Topliss-reactive ketones (excluding diaryl/α,β-unsaturated/α-hetero) is 1. The Morgan fingerprint density at radius 1 is 1.56 bits per heavy atom. The molecule has 0 aliphatic heterocycles. The number of nitrogens with one attached hydrogen (secondary N) is 1. The van der Waals surface area contributed by atoms with Gasteiger partial charge in [0.05, 0.1) is 11.6 Å². The summed E-state index contributed by atoms with van der Waals surface area (Å²) in [5, 5.41) is 3.41. The summed E-state index contributed by atoms with van der Waals surface area (Å²) in [7, 11) is 0. The molecule has 0 saturated heterocycles. The first kappa shape index (κ1) is 11.6. The summed E-state index contributed by atoms with van der Waals surface area (Å²) >= 11 is 5.91. The highest BCUT2D eigenvalue weighted by molar-refractivity contribution is 6.34. The van der Waals surface area contributed by atoms with Gasteiger partial charge in [-0.25, -0.2) is 4.39 Å². The molecule has 1 N–H and O–H groups in total. The lowest BCUT2D eigenvalue weighted by Gasteiger charge is -2.06. The fourth-order valence-electron chi connectivity index (χ4n) is 1.48. The van der Waals surface area contributed by atoms with E-state index in [0.29, 0.717) is 16.6 Å². The van der Waals surface area contributed by atoms with Crippen LogP contribution in [0.1, 0.15) is 28.8 Å². The molecule has 1 fully saturated rings. The van der Waals surface area contributed by atoms with Crippen LogP contribution >= 0.6 is 11.6 Å². The fraction of sp³-hybridized carbons (Fsp3) is 0.417. The predicted molar refractivity (Wildman–Crippen MR) is 61.5 cm³/mol. The molecular formula is C12H13ClFNO. The van der Waals surface area contributed by atoms with Crippen molar-refractivity contribution in [2.75, 3.05) is 6.54 Å². The Morgan fingerprint density at radius 3 is 2.88 bits per heavy atom. The number of carbonyl (C=O) groups is 1. The summed E-state index contributed by atoms with van der Waals surface area (Å²) in [4.78, 5) is 11.7. The van der Waals surface area contributed by atoms with Crippen LogP contribution in [0.3, 0.4) is 0 Å². The van der Waals surface area contributed by atoms with E-state index in [-0.39, 0.29) is 23.7 Å². The van der Waals surface area contributed by atoms with Gasteiger partial charge in [-0.2, -0.15) is 0 Å². The van der Waals surface area contributed by atoms with Crippen LogP contribution in [0.4, 0.5) is 4.39 Å². The third-order valence-corrected chi connectivity index (χ3v) is 2.99. The second-order valence-corrected chi connectivity index (χ2v) is 4.57. The van der Waals surface area contributed by atoms with E-state index in [0.717, 1.165) is 12.8 Å². The Hall–Kier alpha value is -0.930. The maximum absolute atomic E-state index is 13.3. The second-order valence-electron chi connectivity index (χ2n) is 4.16. The van der Waals surface area contributed by atoms with Crippen molar-refractivity contribution in [3.8, 4) is 0 Å². The predicted octanol–water partition coefficient (Wildman–Crippen LogP) is 2.72. The van der Waals surface area contributed by atoms with Gasteiger partial charge in [-0.15, -0.1) is 0 Å². The summed E-state index contributed by atoms with van der Waals surface area (Å²) in [6.45, 7) is 1.85. The highest BCUT2D eigenvalue weighted by Gasteiger charge is 2.22. The minimum Gasteiger partial charge on any atom is -0.307 e. The van der Waals surface area contributed by atoms with E-state index in [4.69, 9.17) is 11.6 Å². The molecule has 16 heavy (non-hydrogen) atoms. The molecule has 0 aromatic heterocycles. The Balaban J connectivity index is 2.11. The molecular weight excluding hydrogens is 229 g/mol. The zero-order chi connectivity index (χ0) is 11.7. The summed E-state index contributed by atoms with van der Waals surface area (Å²) < 4.78 is 13.3. The molecule has 0 spiro atoms. The van der Waals surface area contributed by atoms with Crippen molar-refractivity contribution in [3.05, 3.63) is 34.1 Å². The van der Waals surface area contributed by atoms with Gasteiger partial charge >= 0.3 is 0 Å². The van der Waals surface area contributed by atoms with Crippen LogP contribution in [0.25, 0.3) is 0 Å². The molecule has 0 unspecified atom stereocenters. The van der Waals surface area contributed by atoms with E-state index in [1.807, 2.05) is 0 Å². The minimum absolute atomic E-state index is 0.157. The van der Waals surface area contributed by atoms with Crippen molar-refractivity contribution in [2.45, 2.75) is 25.8 Å². The van der Waals surface area contributed by atoms with Gasteiger partial charge in [-0.1, -0.05) is 11.6 Å². The average Bonchev–Trinajstić information content (AvgIpc) is 3.03. The van der Waals surface area contributed by atoms with Crippen LogP contribution in [0, 0.1) is 12.7 Å². The van der Waals surface area contributed by atoms with E-state index in [1.165, 1.54) is 12.1 Å². The maximum atomic E-state index is 13.3. The van der Waals surface area contributed by atoms with Crippen molar-refractivity contribution in [1.29, 1.82) is 0 Å². The topological polar surface area (TPSA) is 29.1 Å². The van der Waals surface area contributed by atoms with Gasteiger partial charge in [0.15, 0.2) is 5.78 Å². The SMILES string of the molecule is Cc1cc(Cl)c(C(=O)CNC2CC2)cc1F. The maximum Gasteiger partial charge on any atom is 0.178 e. The fourth-order valence-corrected chi connectivity index (χ4v) is 1.80. The van der Waals surface area contributed by atoms with Gasteiger partial charge in [-0.05, 0) is 37.5 Å². The molecule has 1 aromatic rings. The first-order chi connectivity index (χ1) is 7.58. The Kier molecular flexibility index (Phi) is 3.26. The molecule has 0 heterocycles. The van der Waals surface area contributed by atoms with Crippen LogP contribution in [0.15, 0.2) is 12.1 Å². The van der Waals surface area contributed by atoms with Crippen LogP contribution < -0.4 is 5.32 Å². The lowest BCUT2D eigenvalue weighted by atomic mass is 10.1. The molecule has 0 amide bonds. The van der Waals surface area contributed by atoms with Gasteiger partial charge in [0.1, 0.15) is 5.82 Å². The molecule has 86 valence electrons. The number of hydrogen-bond acceptors (Lipinski definition) is 2. The molecule has 1 saturated carbocycles. The Bertz CT molecular complexity index is 429. The van der Waals surface area contributed by atoms with Crippen molar-refractivity contribution in [3.63, 3.8) is 0 Å². The number of halogens is 2. The molecule has 0 radical (unpaired) electrons. The van der Waals surface area contributed by atoms with Crippen LogP contribution in [0.5, 0.6) is 0 Å². The van der Waals surface area contributed by atoms with Gasteiger partial charge in [0.25, 0.3) is 0 Å². The number of ketones is 1. The lowest BCUT2D eigenvalue weighted by molar-refractivity contribution is 0.0990. The molecule has 4 heteroatoms. The second kappa shape index (κ2) is 4.52. The third kappa shape index (κ3) is 2.60. The molecule has 2 rings (SSSR count). The smallest absolute Gasteiger partial charge is 0.178 e. The van der Waals surface area contributed by atoms with Crippen molar-refractivity contribution >= 4 is 17.4 Å². The monoisotopic (exact) mass is 241 g/mol. The van der Waals surface area contributed by atoms with Crippen molar-refractivity contribution in [1.82, 2.24) is 5.32 Å². The molecule has 0 bridgehead atoms. The van der Waals surface area contributed by atoms with E-state index in [1.54, 1.807) is 6.92 Å². The van der Waals surface area contributed by atoms with Gasteiger partial charge in [0, 0.05) is 11.6 Å². The molecule has 1 aliphatic carbocycles. The third-order valence-electron chi connectivity index (χ3n) is 2.68. The molecule has 0 atom stereocenters. The molecule has 1 aliphatic rings. The molecule has 2 nitrogen and oxygen atoms in total. The van der Waals surface area contributed by atoms with E-state index in [2.05, 4.69) is 5.32 Å². The summed E-state index contributed by atoms with van der Waals surface area (Å²) in [5.74, 6) is -0.546. The van der Waals surface area contributed by atoms with Gasteiger partial charge in [-0.3, -0.25) is 4.79 Å². The minimum atomic E-state index is -0.390. The number of hydrogen-bond donors (Lipinski definition) is 1. The summed E-state index contributed by atoms with van der Waals surface area (Å²) in [5.41, 5.74) is 0.717. The normalized spacial score (nSPS) is 15.2. The highest BCUT2D eigenvalue weighted by atomic mass is 35.5. The standard InChI is InChI=1S/C12H13ClFNO/c1-7-4-10(13)9(5-11(7)14)12(16)6-15-8-2-3-8/h4-5,8,15H,2-3,6H2,1H3. The quantitative estimate of drug-likeness (QED) is 0.822. The Morgan fingerprint density at radius 2 is 2.25 bits per heavy atom. The van der Waals surface area contributed by atoms with Crippen molar-refractivity contribution < 1.29 is 9.18 Å². The zero-order valence-electron chi connectivity index (χ0n) is 9.02. The first-order valence-corrected chi connectivity index (χ1v) is 5.68. The number of benzene rings is 1. The highest BCUT2D eigenvalue weighted by Crippen LogP contribution is 2.22. The van der Waals surface area contributed by atoms with Crippen molar-refractivity contribution in [2.24, 2.45) is 0 Å². The number of rotatable bonds is 4. The van der Waals surface area contributed by atoms with Gasteiger partial charge in [0.2, 0.25) is 0 Å². The summed E-state index contributed by atoms with van der Waals surface area (Å²) in [6.07, 6.45) is 2.23. The number of aryl methyl sites for hydroxylation is 1. The zero-order valence-corrected chi connectivity index (χ0v) is 9.77. The van der Waals surface area contributed by atoms with Crippen LogP contribution in [-0.2, 0) is 0 Å². The van der Waals surface area contributed by atoms with Crippen LogP contribution in [0.2, 0.25) is 5.02 Å². The molecule has 1 aromatic carbocycles. The summed E-state index contributed by atoms with van der Waals surface area (Å²) in [6, 6.07) is 3.16. The van der Waals surface area contributed by atoms with Crippen LogP contribution in [-0.4, -0.2) is 18.4 Å². The Labute approximate surface area is 98.8 Å². The number of carbonyl (C=O) groups excluding carboxylic acids is 1. The van der Waals surface area contributed by atoms with Gasteiger partial charge < -0.3 is 5.32 Å². The first-order valence-electron chi connectivity index (χ1n) is 5.30. The van der Waals surface area contributed by atoms with E-state index >= 15 is 0 Å². The van der Waals surface area contributed by atoms with E-state index in [9.17, 15) is 9.18 Å². The largest absolute Gasteiger partial charge is 0.307 e. The lowest BCUT2D eigenvalue weighted by Crippen LogP contribution is -2.25.